The molecular formula is C15H22N2O3S. The molecule has 2 heterocycles. The standard InChI is InChI=1S/C15H22N2O3S/c1-20-15(19)13-12(16)11(10-2-3-10)14(21-13)17-6-4-9(8-18)5-7-17/h9-10,18H,2-8,16H2,1H3. The molecule has 0 amide bonds. The van der Waals surface area contributed by atoms with Crippen LogP contribution >= 0.6 is 11.3 Å². The molecule has 3 rings (SSSR count). The van der Waals surface area contributed by atoms with E-state index < -0.39 is 0 Å². The van der Waals surface area contributed by atoms with Crippen LogP contribution in [0.3, 0.4) is 0 Å². The van der Waals surface area contributed by atoms with Crippen molar-refractivity contribution in [2.75, 3.05) is 37.4 Å². The second-order valence-electron chi connectivity index (χ2n) is 5.94. The molecule has 1 aromatic rings. The molecule has 21 heavy (non-hydrogen) atoms. The first kappa shape index (κ1) is 14.7. The van der Waals surface area contributed by atoms with Crippen LogP contribution in [0.1, 0.15) is 46.8 Å². The molecule has 0 bridgehead atoms. The first-order chi connectivity index (χ1) is 10.2. The Bertz CT molecular complexity index is 531. The van der Waals surface area contributed by atoms with Crippen LogP contribution in [-0.4, -0.2) is 37.9 Å². The number of hydrogen-bond acceptors (Lipinski definition) is 6. The smallest absolute Gasteiger partial charge is 0.350 e. The minimum Gasteiger partial charge on any atom is -0.465 e. The number of aliphatic hydroxyl groups is 1. The van der Waals surface area contributed by atoms with Crippen molar-refractivity contribution in [3.8, 4) is 0 Å². The van der Waals surface area contributed by atoms with Gasteiger partial charge in [-0.25, -0.2) is 4.79 Å². The van der Waals surface area contributed by atoms with Crippen LogP contribution in [-0.2, 0) is 4.74 Å². The third-order valence-corrected chi connectivity index (χ3v) is 5.74. The van der Waals surface area contributed by atoms with Crippen LogP contribution in [0, 0.1) is 5.92 Å². The highest BCUT2D eigenvalue weighted by Gasteiger charge is 2.35. The fourth-order valence-corrected chi connectivity index (χ4v) is 4.29. The van der Waals surface area contributed by atoms with Crippen LogP contribution < -0.4 is 10.6 Å². The second-order valence-corrected chi connectivity index (χ2v) is 6.94. The van der Waals surface area contributed by atoms with Gasteiger partial charge < -0.3 is 20.5 Å². The van der Waals surface area contributed by atoms with Crippen LogP contribution in [0.25, 0.3) is 0 Å². The summed E-state index contributed by atoms with van der Waals surface area (Å²) in [4.78, 5) is 14.7. The van der Waals surface area contributed by atoms with E-state index in [4.69, 9.17) is 10.5 Å². The fourth-order valence-electron chi connectivity index (χ4n) is 3.01. The van der Waals surface area contributed by atoms with E-state index in [0.717, 1.165) is 49.3 Å². The molecule has 1 aromatic heterocycles. The number of thiophene rings is 1. The lowest BCUT2D eigenvalue weighted by Gasteiger charge is -2.32. The van der Waals surface area contributed by atoms with E-state index in [1.807, 2.05) is 0 Å². The number of piperidine rings is 1. The molecule has 1 saturated heterocycles. The first-order valence-corrected chi connectivity index (χ1v) is 8.33. The quantitative estimate of drug-likeness (QED) is 0.834. The molecule has 0 aromatic carbocycles. The number of nitrogen functional groups attached to an aromatic ring is 1. The molecule has 0 spiro atoms. The lowest BCUT2D eigenvalue weighted by Crippen LogP contribution is -2.34. The molecule has 0 unspecified atom stereocenters. The number of anilines is 2. The maximum Gasteiger partial charge on any atom is 0.350 e. The number of carbonyl (C=O) groups is 1. The normalized spacial score (nSPS) is 19.8. The Labute approximate surface area is 128 Å². The third kappa shape index (κ3) is 2.74. The van der Waals surface area contributed by atoms with E-state index in [1.165, 1.54) is 18.4 Å². The van der Waals surface area contributed by atoms with Crippen LogP contribution in [0.5, 0.6) is 0 Å². The monoisotopic (exact) mass is 310 g/mol. The van der Waals surface area contributed by atoms with Crippen molar-refractivity contribution in [1.82, 2.24) is 0 Å². The number of aliphatic hydroxyl groups excluding tert-OH is 1. The van der Waals surface area contributed by atoms with Gasteiger partial charge in [-0.05, 0) is 37.5 Å². The fraction of sp³-hybridized carbons (Fsp3) is 0.667. The Morgan fingerprint density at radius 1 is 1.38 bits per heavy atom. The molecule has 3 N–H and O–H groups in total. The van der Waals surface area contributed by atoms with Crippen molar-refractivity contribution in [2.24, 2.45) is 5.92 Å². The van der Waals surface area contributed by atoms with Crippen LogP contribution in [0.4, 0.5) is 10.7 Å². The predicted molar refractivity (Wildman–Crippen MR) is 84.1 cm³/mol. The van der Waals surface area contributed by atoms with Crippen molar-refractivity contribution >= 4 is 28.0 Å². The Morgan fingerprint density at radius 2 is 2.05 bits per heavy atom. The summed E-state index contributed by atoms with van der Waals surface area (Å²) in [7, 11) is 1.39. The van der Waals surface area contributed by atoms with Crippen LogP contribution in [0.2, 0.25) is 0 Å². The van der Waals surface area contributed by atoms with E-state index in [9.17, 15) is 9.90 Å². The Kier molecular flexibility index (Phi) is 4.08. The van der Waals surface area contributed by atoms with Gasteiger partial charge in [0.05, 0.1) is 17.8 Å². The molecule has 1 aliphatic carbocycles. The maximum atomic E-state index is 11.9. The minimum atomic E-state index is -0.337. The summed E-state index contributed by atoms with van der Waals surface area (Å²) in [5.74, 6) is 0.573. The zero-order chi connectivity index (χ0) is 15.0. The summed E-state index contributed by atoms with van der Waals surface area (Å²) in [5, 5.41) is 10.4. The van der Waals surface area contributed by atoms with Gasteiger partial charge in [0.2, 0.25) is 0 Å². The van der Waals surface area contributed by atoms with E-state index in [0.29, 0.717) is 22.4 Å². The Morgan fingerprint density at radius 3 is 2.57 bits per heavy atom. The van der Waals surface area contributed by atoms with Gasteiger partial charge in [-0.3, -0.25) is 0 Å². The number of carbonyl (C=O) groups excluding carboxylic acids is 1. The van der Waals surface area contributed by atoms with Gasteiger partial charge in [0.25, 0.3) is 0 Å². The molecule has 1 aliphatic heterocycles. The third-order valence-electron chi connectivity index (χ3n) is 4.48. The molecule has 0 radical (unpaired) electrons. The van der Waals surface area contributed by atoms with Crippen molar-refractivity contribution in [2.45, 2.75) is 31.6 Å². The van der Waals surface area contributed by atoms with Gasteiger partial charge in [-0.2, -0.15) is 0 Å². The summed E-state index contributed by atoms with van der Waals surface area (Å²) >= 11 is 1.47. The predicted octanol–water partition coefficient (Wildman–Crippen LogP) is 2.20. The zero-order valence-electron chi connectivity index (χ0n) is 12.3. The van der Waals surface area contributed by atoms with E-state index in [2.05, 4.69) is 4.90 Å². The van der Waals surface area contributed by atoms with E-state index in [-0.39, 0.29) is 12.6 Å². The first-order valence-electron chi connectivity index (χ1n) is 7.52. The van der Waals surface area contributed by atoms with Gasteiger partial charge in [0, 0.05) is 25.3 Å². The molecule has 0 atom stereocenters. The van der Waals surface area contributed by atoms with Crippen LogP contribution in [0.15, 0.2) is 0 Å². The minimum absolute atomic E-state index is 0.267. The van der Waals surface area contributed by atoms with Crippen molar-refractivity contribution < 1.29 is 14.6 Å². The van der Waals surface area contributed by atoms with E-state index in [1.54, 1.807) is 0 Å². The highest BCUT2D eigenvalue weighted by molar-refractivity contribution is 7.18. The van der Waals surface area contributed by atoms with Gasteiger partial charge in [-0.15, -0.1) is 11.3 Å². The summed E-state index contributed by atoms with van der Waals surface area (Å²) in [6.45, 7) is 2.11. The summed E-state index contributed by atoms with van der Waals surface area (Å²) in [6, 6.07) is 0. The average molecular weight is 310 g/mol. The summed E-state index contributed by atoms with van der Waals surface area (Å²) in [5.41, 5.74) is 8.00. The molecule has 1 saturated carbocycles. The largest absolute Gasteiger partial charge is 0.465 e. The topological polar surface area (TPSA) is 75.8 Å². The van der Waals surface area contributed by atoms with Gasteiger partial charge in [-0.1, -0.05) is 0 Å². The second kappa shape index (κ2) is 5.85. The molecular weight excluding hydrogens is 288 g/mol. The lowest BCUT2D eigenvalue weighted by molar-refractivity contribution is 0.0607. The number of nitrogens with zero attached hydrogens (tertiary/aromatic N) is 1. The number of ether oxygens (including phenoxy) is 1. The number of hydrogen-bond donors (Lipinski definition) is 2. The van der Waals surface area contributed by atoms with Gasteiger partial charge in [0.1, 0.15) is 4.88 Å². The molecule has 2 aliphatic rings. The van der Waals surface area contributed by atoms with Crippen molar-refractivity contribution in [3.63, 3.8) is 0 Å². The lowest BCUT2D eigenvalue weighted by atomic mass is 9.97. The highest BCUT2D eigenvalue weighted by Crippen LogP contribution is 2.52. The number of nitrogens with two attached hydrogens (primary N) is 1. The maximum absolute atomic E-state index is 11.9. The Balaban J connectivity index is 1.89. The highest BCUT2D eigenvalue weighted by atomic mass is 32.1. The molecule has 5 nitrogen and oxygen atoms in total. The number of rotatable bonds is 4. The molecule has 2 fully saturated rings. The average Bonchev–Trinajstić information content (AvgIpc) is 3.30. The summed E-state index contributed by atoms with van der Waals surface area (Å²) in [6.07, 6.45) is 4.29. The van der Waals surface area contributed by atoms with Gasteiger partial charge in [0.15, 0.2) is 0 Å². The van der Waals surface area contributed by atoms with Crippen molar-refractivity contribution in [3.05, 3.63) is 10.4 Å². The Hall–Kier alpha value is -1.27. The van der Waals surface area contributed by atoms with E-state index >= 15 is 0 Å². The van der Waals surface area contributed by atoms with Crippen molar-refractivity contribution in [1.29, 1.82) is 0 Å². The van der Waals surface area contributed by atoms with Gasteiger partial charge >= 0.3 is 5.97 Å². The molecule has 116 valence electrons. The summed E-state index contributed by atoms with van der Waals surface area (Å²) < 4.78 is 4.85. The molecule has 6 heteroatoms. The SMILES string of the molecule is COC(=O)c1sc(N2CCC(CO)CC2)c(C2CC2)c1N. The number of esters is 1. The zero-order valence-corrected chi connectivity index (χ0v) is 13.1. The number of methoxy groups -OCH3 is 1.